The van der Waals surface area contributed by atoms with Gasteiger partial charge in [0.2, 0.25) is 0 Å². The number of allylic oxidation sites excluding steroid dienone is 3. The van der Waals surface area contributed by atoms with Gasteiger partial charge in [-0.1, -0.05) is 18.7 Å². The first-order valence-corrected chi connectivity index (χ1v) is 2.07. The number of hydrogen-bond donors (Lipinski definition) is 0. The molecule has 0 aliphatic rings. The molecule has 9 heavy (non-hydrogen) atoms. The summed E-state index contributed by atoms with van der Waals surface area (Å²) < 4.78 is 0. The molecule has 0 bridgehead atoms. The Labute approximate surface area is 75.7 Å². The predicted octanol–water partition coefficient (Wildman–Crippen LogP) is 1.31. The molecule has 1 nitrogen and oxygen atoms in total. The Hall–Kier alpha value is 0.150. The van der Waals surface area contributed by atoms with E-state index in [1.807, 2.05) is 0 Å². The van der Waals surface area contributed by atoms with E-state index in [9.17, 15) is 4.79 Å². The monoisotopic (exact) mass is 213 g/mol. The van der Waals surface area contributed by atoms with Crippen molar-refractivity contribution in [3.05, 3.63) is 24.8 Å². The van der Waals surface area contributed by atoms with Gasteiger partial charge in [-0.25, -0.2) is 0 Å². The van der Waals surface area contributed by atoms with Gasteiger partial charge < -0.3 is 0 Å². The number of carbonyl (C=O) groups is 1. The zero-order valence-electron chi connectivity index (χ0n) is 5.00. The van der Waals surface area contributed by atoms with Crippen LogP contribution in [0.15, 0.2) is 24.8 Å². The quantitative estimate of drug-likeness (QED) is 0.384. The molecule has 0 amide bonds. The van der Waals surface area contributed by atoms with Crippen molar-refractivity contribution in [1.82, 2.24) is 0 Å². The largest absolute Gasteiger partial charge is 0.295 e. The topological polar surface area (TPSA) is 17.1 Å². The van der Waals surface area contributed by atoms with E-state index >= 15 is 0 Å². The molecule has 57 valence electrons. The summed E-state index contributed by atoms with van der Waals surface area (Å²) >= 11 is 0. The Morgan fingerprint density at radius 3 is 2.11 bits per heavy atom. The van der Waals surface area contributed by atoms with Crippen LogP contribution < -0.4 is 0 Å². The second-order valence-corrected chi connectivity index (χ2v) is 1.21. The molecule has 0 unspecified atom stereocenters. The van der Waals surface area contributed by atoms with Crippen LogP contribution in [0.1, 0.15) is 6.92 Å². The van der Waals surface area contributed by atoms with Crippen LogP contribution in [0.25, 0.3) is 0 Å². The third-order valence-electron chi connectivity index (χ3n) is 0.467. The van der Waals surface area contributed by atoms with E-state index in [0.29, 0.717) is 0 Å². The second kappa shape index (κ2) is 11.0. The number of hydrogen-bond acceptors (Lipinski definition) is 1. The van der Waals surface area contributed by atoms with E-state index in [0.717, 1.165) is 0 Å². The van der Waals surface area contributed by atoms with Gasteiger partial charge in [-0.3, -0.25) is 4.79 Å². The van der Waals surface area contributed by atoms with E-state index in [4.69, 9.17) is 0 Å². The molecule has 0 fully saturated rings. The van der Waals surface area contributed by atoms with Crippen LogP contribution in [0.3, 0.4) is 0 Å². The Morgan fingerprint density at radius 2 is 2.00 bits per heavy atom. The third-order valence-corrected chi connectivity index (χ3v) is 0.467. The molecule has 3 heteroatoms. The van der Waals surface area contributed by atoms with Gasteiger partial charge in [-0.15, -0.1) is 0 Å². The van der Waals surface area contributed by atoms with Crippen LogP contribution in [0, 0.1) is 0 Å². The molecule has 0 heterocycles. The molecule has 0 aliphatic carbocycles. The molecule has 0 rings (SSSR count). The van der Waals surface area contributed by atoms with Gasteiger partial charge in [0.25, 0.3) is 0 Å². The average Bonchev–Trinajstić information content (AvgIpc) is 1.61. The smallest absolute Gasteiger partial charge is 0.152 e. The van der Waals surface area contributed by atoms with Crippen molar-refractivity contribution < 1.29 is 38.1 Å². The first-order chi connectivity index (χ1) is 3.27. The molecule has 0 saturated heterocycles. The Bertz CT molecular complexity index is 110. The number of rotatable bonds is 2. The van der Waals surface area contributed by atoms with Crippen LogP contribution >= 0.6 is 0 Å². The van der Waals surface area contributed by atoms with Gasteiger partial charge >= 0.3 is 0 Å². The summed E-state index contributed by atoms with van der Waals surface area (Å²) in [6.07, 6.45) is 4.65. The molecule has 0 aromatic heterocycles. The molecular weight excluding hydrogens is 206 g/mol. The fraction of sp³-hybridized carbons (Fsp3) is 0.167. The Morgan fingerprint density at radius 1 is 1.56 bits per heavy atom. The second-order valence-electron chi connectivity index (χ2n) is 1.21. The average molecular weight is 214 g/mol. The maximum atomic E-state index is 10.1. The summed E-state index contributed by atoms with van der Waals surface area (Å²) in [5.41, 5.74) is 0. The minimum Gasteiger partial charge on any atom is -0.295 e. The predicted molar refractivity (Wildman–Crippen MR) is 30.0 cm³/mol. The molecule has 0 saturated carbocycles. The van der Waals surface area contributed by atoms with Crippen molar-refractivity contribution in [2.24, 2.45) is 0 Å². The van der Waals surface area contributed by atoms with Crippen molar-refractivity contribution in [3.63, 3.8) is 0 Å². The van der Waals surface area contributed by atoms with Crippen LogP contribution in [0.4, 0.5) is 0 Å². The third kappa shape index (κ3) is 17.9. The number of carbonyl (C=O) groups excluding carboxylic acids is 1. The van der Waals surface area contributed by atoms with E-state index in [2.05, 4.69) is 6.58 Å². The van der Waals surface area contributed by atoms with Crippen molar-refractivity contribution in [3.8, 4) is 0 Å². The summed E-state index contributed by atoms with van der Waals surface area (Å²) in [5.74, 6) is 0.0555. The van der Waals surface area contributed by atoms with Crippen molar-refractivity contribution in [2.45, 2.75) is 6.92 Å². The maximum Gasteiger partial charge on any atom is 0.152 e. The SMILES string of the molecule is C=CC=CC(C)=O.[Co].[Ni]. The van der Waals surface area contributed by atoms with Gasteiger partial charge in [0.05, 0.1) is 0 Å². The first-order valence-electron chi connectivity index (χ1n) is 2.07. The zero-order valence-corrected chi connectivity index (χ0v) is 7.03. The molecule has 0 atom stereocenters. The minimum absolute atomic E-state index is 0. The van der Waals surface area contributed by atoms with Crippen molar-refractivity contribution in [1.29, 1.82) is 0 Å². The standard InChI is InChI=1S/C6H8O.Co.Ni/c1-3-4-5-6(2)7;;/h3-5H,1H2,2H3;;. The van der Waals surface area contributed by atoms with Crippen LogP contribution in [-0.2, 0) is 38.1 Å². The number of ketones is 1. The van der Waals surface area contributed by atoms with Gasteiger partial charge in [-0.05, 0) is 13.0 Å². The van der Waals surface area contributed by atoms with Crippen LogP contribution in [0.2, 0.25) is 0 Å². The summed E-state index contributed by atoms with van der Waals surface area (Å²) in [5, 5.41) is 0. The summed E-state index contributed by atoms with van der Waals surface area (Å²) in [7, 11) is 0. The van der Waals surface area contributed by atoms with Crippen LogP contribution in [0.5, 0.6) is 0 Å². The van der Waals surface area contributed by atoms with Gasteiger partial charge in [0.1, 0.15) is 0 Å². The molecule has 0 spiro atoms. The fourth-order valence-electron chi connectivity index (χ4n) is 0.204. The molecule has 1 radical (unpaired) electrons. The fourth-order valence-corrected chi connectivity index (χ4v) is 0.204. The minimum atomic E-state index is 0. The Kier molecular flexibility index (Phi) is 19.7. The maximum absolute atomic E-state index is 10.1. The summed E-state index contributed by atoms with van der Waals surface area (Å²) in [6, 6.07) is 0. The molecule has 0 aliphatic heterocycles. The van der Waals surface area contributed by atoms with Crippen molar-refractivity contribution in [2.75, 3.05) is 0 Å². The molecule has 0 aromatic rings. The molecule has 0 N–H and O–H groups in total. The van der Waals surface area contributed by atoms with Crippen LogP contribution in [-0.4, -0.2) is 5.78 Å². The van der Waals surface area contributed by atoms with E-state index in [-0.39, 0.29) is 39.1 Å². The Balaban J connectivity index is -0.000000180. The van der Waals surface area contributed by atoms with Crippen molar-refractivity contribution >= 4 is 5.78 Å². The first kappa shape index (κ1) is 16.1. The van der Waals surface area contributed by atoms with Gasteiger partial charge in [-0.2, -0.15) is 0 Å². The zero-order chi connectivity index (χ0) is 5.70. The van der Waals surface area contributed by atoms with E-state index in [1.165, 1.54) is 13.0 Å². The molecule has 0 aromatic carbocycles. The van der Waals surface area contributed by atoms with E-state index in [1.54, 1.807) is 12.2 Å². The summed E-state index contributed by atoms with van der Waals surface area (Å²) in [6.45, 7) is 4.89. The van der Waals surface area contributed by atoms with E-state index < -0.39 is 0 Å². The van der Waals surface area contributed by atoms with Gasteiger partial charge in [0.15, 0.2) is 5.78 Å². The summed E-state index contributed by atoms with van der Waals surface area (Å²) in [4.78, 5) is 10.1. The normalized spacial score (nSPS) is 7.22. The van der Waals surface area contributed by atoms with Gasteiger partial charge in [0, 0.05) is 33.3 Å². The molecular formula is C6H8CoNiO.